The lowest BCUT2D eigenvalue weighted by atomic mass is 10.2. The molecule has 5 rings (SSSR count). The van der Waals surface area contributed by atoms with E-state index in [0.717, 1.165) is 17.8 Å². The zero-order chi connectivity index (χ0) is 21.4. The van der Waals surface area contributed by atoms with Gasteiger partial charge >= 0.3 is 5.69 Å². The number of anilines is 2. The minimum absolute atomic E-state index is 0.240. The van der Waals surface area contributed by atoms with Crippen molar-refractivity contribution in [2.24, 2.45) is 16.6 Å². The molecule has 0 saturated heterocycles. The number of aromatic amines is 2. The second kappa shape index (κ2) is 7.73. The van der Waals surface area contributed by atoms with E-state index >= 15 is 0 Å². The van der Waals surface area contributed by atoms with Gasteiger partial charge in [0.15, 0.2) is 11.1 Å². The third kappa shape index (κ3) is 4.05. The summed E-state index contributed by atoms with van der Waals surface area (Å²) in [4.78, 5) is 25.8. The van der Waals surface area contributed by atoms with Gasteiger partial charge in [0.05, 0.1) is 6.20 Å². The highest BCUT2D eigenvalue weighted by Crippen LogP contribution is 2.28. The van der Waals surface area contributed by atoms with Crippen molar-refractivity contribution in [2.45, 2.75) is 19.4 Å². The van der Waals surface area contributed by atoms with Crippen LogP contribution in [-0.2, 0) is 6.54 Å². The molecule has 1 saturated carbocycles. The summed E-state index contributed by atoms with van der Waals surface area (Å²) in [5.41, 5.74) is 8.63. The first-order valence-electron chi connectivity index (χ1n) is 10.1. The number of nitrogens with one attached hydrogen (secondary N) is 3. The Morgan fingerprint density at radius 1 is 1.32 bits per heavy atom. The van der Waals surface area contributed by atoms with Crippen LogP contribution in [-0.4, -0.2) is 36.2 Å². The number of hydrogen-bond acceptors (Lipinski definition) is 7. The monoisotopic (exact) mass is 418 g/mol. The molecule has 10 heteroatoms. The normalized spacial score (nSPS) is 15.1. The molecule has 1 aliphatic carbocycles. The van der Waals surface area contributed by atoms with Crippen molar-refractivity contribution >= 4 is 23.2 Å². The minimum Gasteiger partial charge on any atom is -0.493 e. The molecule has 0 radical (unpaired) electrons. The fourth-order valence-corrected chi connectivity index (χ4v) is 3.34. The van der Waals surface area contributed by atoms with E-state index in [1.165, 1.54) is 12.8 Å². The van der Waals surface area contributed by atoms with Crippen molar-refractivity contribution < 1.29 is 5.11 Å². The number of benzene rings is 1. The van der Waals surface area contributed by atoms with Gasteiger partial charge in [0.1, 0.15) is 11.5 Å². The largest absolute Gasteiger partial charge is 0.493 e. The Hall–Kier alpha value is -3.92. The molecule has 158 valence electrons. The van der Waals surface area contributed by atoms with Gasteiger partial charge in [-0.15, -0.1) is 0 Å². The Morgan fingerprint density at radius 3 is 2.94 bits per heavy atom. The SMILES string of the molecule is NCc1cccc(Nc2cc(=NCC3CC3)n3nc/c(=C/c4[nH]c(=O)[nH]c4O)c3n2)c1. The van der Waals surface area contributed by atoms with Crippen LogP contribution in [0.15, 0.2) is 46.3 Å². The fourth-order valence-electron chi connectivity index (χ4n) is 3.34. The van der Waals surface area contributed by atoms with Crippen molar-refractivity contribution in [3.05, 3.63) is 69.0 Å². The highest BCUT2D eigenvalue weighted by Gasteiger charge is 2.20. The van der Waals surface area contributed by atoms with Crippen LogP contribution in [0, 0.1) is 5.92 Å². The number of fused-ring (bicyclic) bond motifs is 1. The van der Waals surface area contributed by atoms with Gasteiger partial charge in [-0.3, -0.25) is 9.98 Å². The molecule has 0 aliphatic heterocycles. The van der Waals surface area contributed by atoms with Crippen LogP contribution in [0.1, 0.15) is 24.1 Å². The van der Waals surface area contributed by atoms with Gasteiger partial charge in [-0.25, -0.2) is 9.78 Å². The van der Waals surface area contributed by atoms with E-state index in [1.807, 2.05) is 30.3 Å². The van der Waals surface area contributed by atoms with Crippen LogP contribution < -0.4 is 27.4 Å². The van der Waals surface area contributed by atoms with Crippen molar-refractivity contribution in [3.63, 3.8) is 0 Å². The van der Waals surface area contributed by atoms with Crippen LogP contribution >= 0.6 is 0 Å². The average Bonchev–Trinajstić information content (AvgIpc) is 3.43. The maximum absolute atomic E-state index is 11.5. The van der Waals surface area contributed by atoms with E-state index < -0.39 is 5.69 Å². The number of aromatic hydroxyl groups is 1. The lowest BCUT2D eigenvalue weighted by molar-refractivity contribution is 0.454. The molecular formula is C21H22N8O2. The minimum atomic E-state index is -0.490. The molecule has 1 aliphatic rings. The van der Waals surface area contributed by atoms with Gasteiger partial charge in [0.25, 0.3) is 0 Å². The van der Waals surface area contributed by atoms with Crippen molar-refractivity contribution in [1.82, 2.24) is 24.6 Å². The number of aromatic nitrogens is 5. The predicted octanol–water partition coefficient (Wildman–Crippen LogP) is 0.512. The fraction of sp³-hybridized carbons (Fsp3) is 0.238. The number of nitrogens with zero attached hydrogens (tertiary/aromatic N) is 4. The van der Waals surface area contributed by atoms with E-state index in [0.29, 0.717) is 34.6 Å². The summed E-state index contributed by atoms with van der Waals surface area (Å²) in [5.74, 6) is 0.998. The van der Waals surface area contributed by atoms with Crippen molar-refractivity contribution in [2.75, 3.05) is 11.9 Å². The topological polar surface area (TPSA) is 149 Å². The number of hydrogen-bond donors (Lipinski definition) is 5. The molecular weight excluding hydrogens is 396 g/mol. The van der Waals surface area contributed by atoms with E-state index in [2.05, 4.69) is 20.4 Å². The number of rotatable bonds is 6. The van der Waals surface area contributed by atoms with E-state index in [9.17, 15) is 9.90 Å². The molecule has 0 unspecified atom stereocenters. The molecule has 1 fully saturated rings. The van der Waals surface area contributed by atoms with Gasteiger partial charge in [0.2, 0.25) is 5.88 Å². The van der Waals surface area contributed by atoms with Gasteiger partial charge in [-0.05, 0) is 42.5 Å². The number of nitrogens with two attached hydrogens (primary N) is 1. The first kappa shape index (κ1) is 19.1. The van der Waals surface area contributed by atoms with E-state index in [4.69, 9.17) is 15.7 Å². The van der Waals surface area contributed by atoms with Gasteiger partial charge in [-0.2, -0.15) is 9.61 Å². The van der Waals surface area contributed by atoms with Crippen molar-refractivity contribution in [1.29, 1.82) is 0 Å². The first-order valence-corrected chi connectivity index (χ1v) is 10.1. The second-order valence-corrected chi connectivity index (χ2v) is 7.63. The Bertz CT molecular complexity index is 1430. The number of H-pyrrole nitrogens is 2. The molecule has 0 atom stereocenters. The molecule has 6 N–H and O–H groups in total. The van der Waals surface area contributed by atoms with E-state index in [-0.39, 0.29) is 11.6 Å². The van der Waals surface area contributed by atoms with Gasteiger partial charge in [0, 0.05) is 30.1 Å². The average molecular weight is 418 g/mol. The smallest absolute Gasteiger partial charge is 0.326 e. The van der Waals surface area contributed by atoms with E-state index in [1.54, 1.807) is 16.8 Å². The Labute approximate surface area is 176 Å². The number of imidazole rings is 1. The Kier molecular flexibility index (Phi) is 4.75. The summed E-state index contributed by atoms with van der Waals surface area (Å²) in [5, 5.41) is 18.3. The van der Waals surface area contributed by atoms with Crippen LogP contribution in [0.4, 0.5) is 11.5 Å². The molecule has 3 aromatic heterocycles. The quantitative estimate of drug-likeness (QED) is 0.308. The van der Waals surface area contributed by atoms with Crippen LogP contribution in [0.2, 0.25) is 0 Å². The maximum Gasteiger partial charge on any atom is 0.326 e. The predicted molar refractivity (Wildman–Crippen MR) is 116 cm³/mol. The van der Waals surface area contributed by atoms with Crippen molar-refractivity contribution in [3.8, 4) is 5.88 Å². The maximum atomic E-state index is 11.5. The van der Waals surface area contributed by atoms with Crippen LogP contribution in [0.25, 0.3) is 11.7 Å². The highest BCUT2D eigenvalue weighted by molar-refractivity contribution is 5.61. The Balaban J connectivity index is 1.64. The zero-order valence-corrected chi connectivity index (χ0v) is 16.7. The summed E-state index contributed by atoms with van der Waals surface area (Å²) in [6, 6.07) is 9.67. The summed E-state index contributed by atoms with van der Waals surface area (Å²) in [6.45, 7) is 1.19. The second-order valence-electron chi connectivity index (χ2n) is 7.63. The molecule has 1 aromatic carbocycles. The first-order chi connectivity index (χ1) is 15.1. The summed E-state index contributed by atoms with van der Waals surface area (Å²) < 4.78 is 1.66. The summed E-state index contributed by atoms with van der Waals surface area (Å²) >= 11 is 0. The molecule has 0 amide bonds. The lowest BCUT2D eigenvalue weighted by Crippen LogP contribution is -2.20. The third-order valence-corrected chi connectivity index (χ3v) is 5.16. The molecule has 3 heterocycles. The molecule has 10 nitrogen and oxygen atoms in total. The zero-order valence-electron chi connectivity index (χ0n) is 16.7. The van der Waals surface area contributed by atoms with Crippen LogP contribution in [0.3, 0.4) is 0 Å². The molecule has 0 spiro atoms. The summed E-state index contributed by atoms with van der Waals surface area (Å²) in [7, 11) is 0. The van der Waals surface area contributed by atoms with Crippen LogP contribution in [0.5, 0.6) is 5.88 Å². The molecule has 4 aromatic rings. The third-order valence-electron chi connectivity index (χ3n) is 5.16. The molecule has 31 heavy (non-hydrogen) atoms. The lowest BCUT2D eigenvalue weighted by Gasteiger charge is -2.08. The standard InChI is InChI=1S/C21H22N8O2/c22-9-13-2-1-3-15(6-13)25-17-8-18(23-10-12-4-5-12)29-19(27-17)14(11-24-29)7-16-20(30)28-21(31)26-16/h1-3,6-8,11-12,25,30H,4-5,9-10,22H2,(H2,26,28,31)/b14-7-,23-18?. The molecule has 0 bridgehead atoms. The highest BCUT2D eigenvalue weighted by atomic mass is 16.3. The Morgan fingerprint density at radius 2 is 2.19 bits per heavy atom. The van der Waals surface area contributed by atoms with Gasteiger partial charge < -0.3 is 21.1 Å². The van der Waals surface area contributed by atoms with Gasteiger partial charge in [-0.1, -0.05) is 12.1 Å². The summed E-state index contributed by atoms with van der Waals surface area (Å²) in [6.07, 6.45) is 5.65.